The summed E-state index contributed by atoms with van der Waals surface area (Å²) < 4.78 is 0. The van der Waals surface area contributed by atoms with E-state index in [4.69, 9.17) is 0 Å². The van der Waals surface area contributed by atoms with Gasteiger partial charge in [-0.2, -0.15) is 0 Å². The molecule has 0 fully saturated rings. The zero-order valence-corrected chi connectivity index (χ0v) is 11.1. The van der Waals surface area contributed by atoms with Crippen LogP contribution in [0.3, 0.4) is 0 Å². The number of benzene rings is 2. The number of aryl methyl sites for hydroxylation is 1. The molecule has 0 radical (unpaired) electrons. The first-order chi connectivity index (χ1) is 8.58. The third-order valence-corrected chi connectivity index (χ3v) is 3.08. The molecule has 2 heteroatoms. The van der Waals surface area contributed by atoms with Crippen molar-refractivity contribution in [3.8, 4) is 0 Å². The third kappa shape index (κ3) is 2.71. The lowest BCUT2D eigenvalue weighted by molar-refractivity contribution is 0.220. The number of aliphatic hydroxyl groups excluding tert-OH is 1. The number of anilines is 1. The highest BCUT2D eigenvalue weighted by Gasteiger charge is 2.10. The molecule has 0 spiro atoms. The molecule has 0 aliphatic heterocycles. The van der Waals surface area contributed by atoms with E-state index >= 15 is 0 Å². The molecule has 0 bridgehead atoms. The van der Waals surface area contributed by atoms with Gasteiger partial charge in [-0.3, -0.25) is 0 Å². The molecule has 2 rings (SSSR count). The second-order valence-electron chi connectivity index (χ2n) is 4.80. The van der Waals surface area contributed by atoms with Gasteiger partial charge in [0.05, 0.1) is 0 Å². The van der Waals surface area contributed by atoms with Crippen LogP contribution < -0.4 is 4.90 Å². The van der Waals surface area contributed by atoms with Crippen molar-refractivity contribution in [1.29, 1.82) is 0 Å². The lowest BCUT2D eigenvalue weighted by Gasteiger charge is -2.15. The van der Waals surface area contributed by atoms with Gasteiger partial charge < -0.3 is 10.0 Å². The van der Waals surface area contributed by atoms with Gasteiger partial charge in [-0.15, -0.1) is 0 Å². The molecule has 2 aromatic carbocycles. The van der Waals surface area contributed by atoms with Gasteiger partial charge in [0.2, 0.25) is 0 Å². The Balaban J connectivity index is 2.26. The summed E-state index contributed by atoms with van der Waals surface area (Å²) in [5.74, 6) is 0. The Morgan fingerprint density at radius 3 is 2.17 bits per heavy atom. The molecule has 2 aromatic rings. The van der Waals surface area contributed by atoms with E-state index in [2.05, 4.69) is 0 Å². The molecular formula is C16H19NO. The molecule has 0 unspecified atom stereocenters. The second-order valence-corrected chi connectivity index (χ2v) is 4.80. The molecule has 0 heterocycles. The lowest BCUT2D eigenvalue weighted by atomic mass is 10.00. The second kappa shape index (κ2) is 5.23. The summed E-state index contributed by atoms with van der Waals surface area (Å²) in [5, 5.41) is 10.3. The first-order valence-corrected chi connectivity index (χ1v) is 6.10. The molecule has 0 saturated carbocycles. The van der Waals surface area contributed by atoms with Crippen molar-refractivity contribution >= 4 is 5.69 Å². The highest BCUT2D eigenvalue weighted by atomic mass is 16.3. The van der Waals surface area contributed by atoms with Gasteiger partial charge in [-0.1, -0.05) is 42.0 Å². The monoisotopic (exact) mass is 241 g/mol. The Morgan fingerprint density at radius 1 is 0.944 bits per heavy atom. The Hall–Kier alpha value is -1.80. The fourth-order valence-corrected chi connectivity index (χ4v) is 1.99. The van der Waals surface area contributed by atoms with Crippen LogP contribution in [0.4, 0.5) is 5.69 Å². The van der Waals surface area contributed by atoms with E-state index in [0.717, 1.165) is 22.4 Å². The smallest absolute Gasteiger partial charge is 0.104 e. The van der Waals surface area contributed by atoms with Gasteiger partial charge in [0.15, 0.2) is 0 Å². The maximum absolute atomic E-state index is 10.3. The summed E-state index contributed by atoms with van der Waals surface area (Å²) in [4.78, 5) is 2.04. The molecule has 94 valence electrons. The average molecular weight is 241 g/mol. The first kappa shape index (κ1) is 12.7. The van der Waals surface area contributed by atoms with Crippen LogP contribution in [0, 0.1) is 6.92 Å². The van der Waals surface area contributed by atoms with Gasteiger partial charge in [0, 0.05) is 19.8 Å². The molecule has 1 N–H and O–H groups in total. The van der Waals surface area contributed by atoms with E-state index in [9.17, 15) is 5.11 Å². The van der Waals surface area contributed by atoms with Crippen molar-refractivity contribution in [1.82, 2.24) is 0 Å². The topological polar surface area (TPSA) is 23.5 Å². The quantitative estimate of drug-likeness (QED) is 0.892. The zero-order valence-electron chi connectivity index (χ0n) is 11.1. The number of rotatable bonds is 3. The van der Waals surface area contributed by atoms with E-state index in [0.29, 0.717) is 0 Å². The largest absolute Gasteiger partial charge is 0.384 e. The van der Waals surface area contributed by atoms with Crippen molar-refractivity contribution in [2.45, 2.75) is 13.0 Å². The van der Waals surface area contributed by atoms with Crippen molar-refractivity contribution < 1.29 is 5.11 Å². The Labute approximate surface area is 109 Å². The molecule has 0 aliphatic carbocycles. The van der Waals surface area contributed by atoms with Crippen molar-refractivity contribution in [2.75, 3.05) is 19.0 Å². The van der Waals surface area contributed by atoms with Crippen LogP contribution in [0.15, 0.2) is 48.5 Å². The fraction of sp³-hybridized carbons (Fsp3) is 0.250. The average Bonchev–Trinajstić information content (AvgIpc) is 2.38. The Kier molecular flexibility index (Phi) is 3.68. The van der Waals surface area contributed by atoms with Gasteiger partial charge in [0.1, 0.15) is 6.10 Å². The van der Waals surface area contributed by atoms with E-state index in [-0.39, 0.29) is 0 Å². The minimum absolute atomic E-state index is 0.555. The van der Waals surface area contributed by atoms with Crippen molar-refractivity contribution in [3.63, 3.8) is 0 Å². The zero-order chi connectivity index (χ0) is 13.1. The third-order valence-electron chi connectivity index (χ3n) is 3.08. The molecule has 1 atom stereocenters. The van der Waals surface area contributed by atoms with Crippen LogP contribution in [0.25, 0.3) is 0 Å². The van der Waals surface area contributed by atoms with Gasteiger partial charge >= 0.3 is 0 Å². The van der Waals surface area contributed by atoms with E-state index < -0.39 is 6.10 Å². The Bertz CT molecular complexity index is 517. The van der Waals surface area contributed by atoms with Crippen LogP contribution >= 0.6 is 0 Å². The molecule has 0 saturated heterocycles. The molecule has 2 nitrogen and oxygen atoms in total. The van der Waals surface area contributed by atoms with E-state index in [1.54, 1.807) is 0 Å². The normalized spacial score (nSPS) is 12.2. The number of nitrogens with zero attached hydrogens (tertiary/aromatic N) is 1. The van der Waals surface area contributed by atoms with Gasteiger partial charge in [0.25, 0.3) is 0 Å². The van der Waals surface area contributed by atoms with Crippen LogP contribution in [-0.4, -0.2) is 19.2 Å². The highest BCUT2D eigenvalue weighted by molar-refractivity contribution is 5.47. The van der Waals surface area contributed by atoms with Crippen molar-refractivity contribution in [3.05, 3.63) is 65.2 Å². The molecular weight excluding hydrogens is 222 g/mol. The van der Waals surface area contributed by atoms with Crippen LogP contribution in [0.5, 0.6) is 0 Å². The minimum Gasteiger partial charge on any atom is -0.384 e. The first-order valence-electron chi connectivity index (χ1n) is 6.10. The van der Waals surface area contributed by atoms with E-state index in [1.807, 2.05) is 74.4 Å². The lowest BCUT2D eigenvalue weighted by Crippen LogP contribution is -2.08. The minimum atomic E-state index is -0.555. The summed E-state index contributed by atoms with van der Waals surface area (Å²) >= 11 is 0. The summed E-state index contributed by atoms with van der Waals surface area (Å²) in [6.45, 7) is 2.03. The summed E-state index contributed by atoms with van der Waals surface area (Å²) in [6.07, 6.45) is -0.555. The van der Waals surface area contributed by atoms with Gasteiger partial charge in [-0.05, 0) is 30.2 Å². The highest BCUT2D eigenvalue weighted by Crippen LogP contribution is 2.24. The fourth-order valence-electron chi connectivity index (χ4n) is 1.99. The van der Waals surface area contributed by atoms with Crippen LogP contribution in [0.2, 0.25) is 0 Å². The molecule has 0 aromatic heterocycles. The summed E-state index contributed by atoms with van der Waals surface area (Å²) in [6, 6.07) is 16.0. The van der Waals surface area contributed by atoms with Crippen LogP contribution in [-0.2, 0) is 0 Å². The SMILES string of the molecule is Cc1cccc([C@@H](O)c2ccc(N(C)C)cc2)c1. The summed E-state index contributed by atoms with van der Waals surface area (Å²) in [5.41, 5.74) is 4.16. The predicted molar refractivity (Wildman–Crippen MR) is 76.0 cm³/mol. The molecule has 0 aliphatic rings. The molecule has 18 heavy (non-hydrogen) atoms. The number of aliphatic hydroxyl groups is 1. The van der Waals surface area contributed by atoms with Crippen molar-refractivity contribution in [2.24, 2.45) is 0 Å². The van der Waals surface area contributed by atoms with Gasteiger partial charge in [-0.25, -0.2) is 0 Å². The number of hydrogen-bond donors (Lipinski definition) is 1. The van der Waals surface area contributed by atoms with E-state index in [1.165, 1.54) is 0 Å². The maximum Gasteiger partial charge on any atom is 0.104 e. The summed E-state index contributed by atoms with van der Waals surface area (Å²) in [7, 11) is 4.01. The maximum atomic E-state index is 10.3. The number of hydrogen-bond acceptors (Lipinski definition) is 2. The molecule has 0 amide bonds. The standard InChI is InChI=1S/C16H19NO/c1-12-5-4-6-14(11-12)16(18)13-7-9-15(10-8-13)17(2)3/h4-11,16,18H,1-3H3/t16-/m0/s1. The Morgan fingerprint density at radius 2 is 1.61 bits per heavy atom. The van der Waals surface area contributed by atoms with Crippen LogP contribution in [0.1, 0.15) is 22.8 Å². The predicted octanol–water partition coefficient (Wildman–Crippen LogP) is 3.14.